The molecule has 34 heavy (non-hydrogen) atoms. The Morgan fingerprint density at radius 3 is 2.59 bits per heavy atom. The third-order valence-corrected chi connectivity index (χ3v) is 7.29. The number of aromatic nitrogens is 1. The molecule has 0 saturated carbocycles. The molecule has 170 valence electrons. The molecule has 3 aromatic carbocycles. The summed E-state index contributed by atoms with van der Waals surface area (Å²) in [7, 11) is 0. The van der Waals surface area contributed by atoms with Crippen molar-refractivity contribution in [3.8, 4) is 0 Å². The summed E-state index contributed by atoms with van der Waals surface area (Å²) < 4.78 is 15.1. The van der Waals surface area contributed by atoms with Gasteiger partial charge in [0, 0.05) is 10.0 Å². The molecule has 8 heteroatoms. The van der Waals surface area contributed by atoms with Gasteiger partial charge in [0.25, 0.3) is 5.78 Å². The van der Waals surface area contributed by atoms with Crippen molar-refractivity contribution in [1.29, 1.82) is 0 Å². The smallest absolute Gasteiger partial charge is 0.301 e. The molecule has 4 aromatic rings. The van der Waals surface area contributed by atoms with Gasteiger partial charge in [-0.15, -0.1) is 0 Å². The van der Waals surface area contributed by atoms with E-state index in [0.29, 0.717) is 10.7 Å². The van der Waals surface area contributed by atoms with Crippen LogP contribution < -0.4 is 4.90 Å². The summed E-state index contributed by atoms with van der Waals surface area (Å²) in [5, 5.41) is 11.5. The molecule has 1 N–H and O–H groups in total. The second kappa shape index (κ2) is 8.77. The Bertz CT molecular complexity index is 1480. The molecule has 5 rings (SSSR count). The first-order valence-electron chi connectivity index (χ1n) is 10.6. The summed E-state index contributed by atoms with van der Waals surface area (Å²) in [4.78, 5) is 32.5. The normalized spacial score (nSPS) is 17.6. The zero-order valence-electron chi connectivity index (χ0n) is 18.0. The predicted octanol–water partition coefficient (Wildman–Crippen LogP) is 6.39. The van der Waals surface area contributed by atoms with Crippen LogP contribution in [0.4, 0.5) is 9.52 Å². The van der Waals surface area contributed by atoms with Crippen LogP contribution in [-0.2, 0) is 16.0 Å². The van der Waals surface area contributed by atoms with E-state index in [4.69, 9.17) is 0 Å². The Morgan fingerprint density at radius 1 is 1.12 bits per heavy atom. The first-order chi connectivity index (χ1) is 16.4. The van der Waals surface area contributed by atoms with Crippen LogP contribution >= 0.6 is 27.3 Å². The number of benzene rings is 3. The van der Waals surface area contributed by atoms with Crippen LogP contribution in [0.5, 0.6) is 0 Å². The maximum Gasteiger partial charge on any atom is 0.301 e. The number of carbonyl (C=O) groups excluding carboxylic acids is 2. The molecule has 1 saturated heterocycles. The number of aliphatic hydroxyl groups is 1. The standard InChI is InChI=1S/C26H18BrFN2O3S/c1-2-14-6-11-19-20(12-14)34-26(29-19)30-22(16-4-3-5-17(27)13-16)21(24(32)25(30)33)23(31)15-7-9-18(28)10-8-15/h3-13,22,31H,2H2,1H3/b23-21+. The predicted molar refractivity (Wildman–Crippen MR) is 134 cm³/mol. The molecule has 0 radical (unpaired) electrons. The van der Waals surface area contributed by atoms with E-state index in [1.807, 2.05) is 24.3 Å². The highest BCUT2D eigenvalue weighted by atomic mass is 79.9. The minimum absolute atomic E-state index is 0.0665. The SMILES string of the molecule is CCc1ccc2nc(N3C(=O)C(=O)/C(=C(/O)c4ccc(F)cc4)C3c3cccc(Br)c3)sc2c1. The van der Waals surface area contributed by atoms with E-state index in [2.05, 4.69) is 27.8 Å². The van der Waals surface area contributed by atoms with Crippen molar-refractivity contribution < 1.29 is 19.1 Å². The Kier molecular flexibility index (Phi) is 5.79. The van der Waals surface area contributed by atoms with Crippen LogP contribution in [0.3, 0.4) is 0 Å². The average Bonchev–Trinajstić information content (AvgIpc) is 3.36. The Labute approximate surface area is 207 Å². The Hall–Kier alpha value is -3.36. The third kappa shape index (κ3) is 3.82. The van der Waals surface area contributed by atoms with E-state index in [1.54, 1.807) is 18.2 Å². The fourth-order valence-corrected chi connectivity index (χ4v) is 5.54. The van der Waals surface area contributed by atoms with Crippen LogP contribution in [0.25, 0.3) is 16.0 Å². The zero-order valence-corrected chi connectivity index (χ0v) is 20.4. The number of carbonyl (C=O) groups is 2. The van der Waals surface area contributed by atoms with Crippen LogP contribution in [0.1, 0.15) is 29.7 Å². The van der Waals surface area contributed by atoms with Gasteiger partial charge in [0.2, 0.25) is 0 Å². The highest BCUT2D eigenvalue weighted by Crippen LogP contribution is 2.44. The third-order valence-electron chi connectivity index (χ3n) is 5.78. The molecule has 1 fully saturated rings. The lowest BCUT2D eigenvalue weighted by molar-refractivity contribution is -0.132. The summed E-state index contributed by atoms with van der Waals surface area (Å²) in [6, 6.07) is 17.4. The minimum atomic E-state index is -0.895. The number of Topliss-reactive ketones (excluding diaryl/α,β-unsaturated/α-hetero) is 1. The lowest BCUT2D eigenvalue weighted by Crippen LogP contribution is -2.29. The zero-order chi connectivity index (χ0) is 24.0. The molecular formula is C26H18BrFN2O3S. The number of hydrogen-bond acceptors (Lipinski definition) is 5. The lowest BCUT2D eigenvalue weighted by atomic mass is 9.95. The number of anilines is 1. The van der Waals surface area contributed by atoms with E-state index in [1.165, 1.54) is 40.5 Å². The van der Waals surface area contributed by atoms with Gasteiger partial charge in [-0.2, -0.15) is 0 Å². The molecule has 5 nitrogen and oxygen atoms in total. The number of nitrogens with zero attached hydrogens (tertiary/aromatic N) is 2. The summed E-state index contributed by atoms with van der Waals surface area (Å²) >= 11 is 4.77. The number of amides is 1. The second-order valence-corrected chi connectivity index (χ2v) is 9.81. The molecule has 0 bridgehead atoms. The van der Waals surface area contributed by atoms with Crippen molar-refractivity contribution >= 4 is 60.1 Å². The van der Waals surface area contributed by atoms with Crippen molar-refractivity contribution in [1.82, 2.24) is 4.98 Å². The van der Waals surface area contributed by atoms with Gasteiger partial charge in [-0.3, -0.25) is 14.5 Å². The summed E-state index contributed by atoms with van der Waals surface area (Å²) in [6.07, 6.45) is 0.864. The van der Waals surface area contributed by atoms with Gasteiger partial charge >= 0.3 is 5.91 Å². The fraction of sp³-hybridized carbons (Fsp3) is 0.115. The van der Waals surface area contributed by atoms with E-state index >= 15 is 0 Å². The second-order valence-electron chi connectivity index (χ2n) is 7.88. The van der Waals surface area contributed by atoms with Crippen LogP contribution in [0.15, 0.2) is 76.8 Å². The minimum Gasteiger partial charge on any atom is -0.507 e. The fourth-order valence-electron chi connectivity index (χ4n) is 4.06. The number of halogens is 2. The molecule has 0 spiro atoms. The largest absolute Gasteiger partial charge is 0.507 e. The maximum atomic E-state index is 13.5. The number of thiazole rings is 1. The van der Waals surface area contributed by atoms with Gasteiger partial charge in [0.05, 0.1) is 21.8 Å². The quantitative estimate of drug-likeness (QED) is 0.186. The number of hydrogen-bond donors (Lipinski definition) is 1. The van der Waals surface area contributed by atoms with Gasteiger partial charge in [-0.05, 0) is 66.1 Å². The number of aliphatic hydroxyl groups excluding tert-OH is 1. The van der Waals surface area contributed by atoms with Crippen LogP contribution in [-0.4, -0.2) is 21.8 Å². The van der Waals surface area contributed by atoms with Gasteiger partial charge in [0.15, 0.2) is 5.13 Å². The van der Waals surface area contributed by atoms with Crippen LogP contribution in [0.2, 0.25) is 0 Å². The summed E-state index contributed by atoms with van der Waals surface area (Å²) in [6.45, 7) is 2.06. The van der Waals surface area contributed by atoms with Gasteiger partial charge < -0.3 is 5.11 Å². The van der Waals surface area contributed by atoms with E-state index < -0.39 is 23.5 Å². The van der Waals surface area contributed by atoms with Gasteiger partial charge in [-0.25, -0.2) is 9.37 Å². The van der Waals surface area contributed by atoms with E-state index in [-0.39, 0.29) is 16.9 Å². The topological polar surface area (TPSA) is 70.5 Å². The van der Waals surface area contributed by atoms with Crippen molar-refractivity contribution in [2.24, 2.45) is 0 Å². The molecule has 1 amide bonds. The molecule has 1 aliphatic rings. The van der Waals surface area contributed by atoms with Crippen LogP contribution in [0, 0.1) is 5.82 Å². The number of fused-ring (bicyclic) bond motifs is 1. The van der Waals surface area contributed by atoms with Crippen molar-refractivity contribution in [2.75, 3.05) is 4.90 Å². The molecule has 1 unspecified atom stereocenters. The van der Waals surface area contributed by atoms with Crippen molar-refractivity contribution in [3.05, 3.63) is 99.3 Å². The molecule has 0 aliphatic carbocycles. The average molecular weight is 537 g/mol. The van der Waals surface area contributed by atoms with Gasteiger partial charge in [0.1, 0.15) is 11.6 Å². The molecule has 1 aliphatic heterocycles. The molecule has 1 atom stereocenters. The molecule has 1 aromatic heterocycles. The highest BCUT2D eigenvalue weighted by molar-refractivity contribution is 9.10. The van der Waals surface area contributed by atoms with E-state index in [0.717, 1.165) is 26.7 Å². The monoisotopic (exact) mass is 536 g/mol. The number of ketones is 1. The first-order valence-corrected chi connectivity index (χ1v) is 12.2. The Balaban J connectivity index is 1.72. The maximum absolute atomic E-state index is 13.5. The highest BCUT2D eigenvalue weighted by Gasteiger charge is 2.48. The first kappa shape index (κ1) is 22.4. The molecule has 2 heterocycles. The molecular weight excluding hydrogens is 519 g/mol. The number of aryl methyl sites for hydroxylation is 1. The summed E-state index contributed by atoms with van der Waals surface area (Å²) in [5.74, 6) is -2.43. The Morgan fingerprint density at radius 2 is 1.88 bits per heavy atom. The van der Waals surface area contributed by atoms with Crippen molar-refractivity contribution in [2.45, 2.75) is 19.4 Å². The lowest BCUT2D eigenvalue weighted by Gasteiger charge is -2.23. The van der Waals surface area contributed by atoms with Crippen molar-refractivity contribution in [3.63, 3.8) is 0 Å². The number of rotatable bonds is 4. The van der Waals surface area contributed by atoms with Gasteiger partial charge in [-0.1, -0.05) is 52.4 Å². The van der Waals surface area contributed by atoms with E-state index in [9.17, 15) is 19.1 Å². The summed E-state index contributed by atoms with van der Waals surface area (Å²) in [5.41, 5.74) is 2.68.